The second-order valence-corrected chi connectivity index (χ2v) is 3.66. The molecule has 8 heteroatoms. The zero-order valence-corrected chi connectivity index (χ0v) is 10.6. The molecule has 1 atom stereocenters. The van der Waals surface area contributed by atoms with Crippen molar-refractivity contribution in [1.29, 1.82) is 0 Å². The number of rotatable bonds is 5. The van der Waals surface area contributed by atoms with Crippen molar-refractivity contribution in [2.75, 3.05) is 11.9 Å². The van der Waals surface area contributed by atoms with Gasteiger partial charge in [0.15, 0.2) is 0 Å². The molecule has 0 aliphatic heterocycles. The SMILES string of the molecule is CCOC(=O)c1cnc(Cl)nc1N[C@@H](C)C(=O)O. The first kappa shape index (κ1) is 14.2. The predicted molar refractivity (Wildman–Crippen MR) is 63.7 cm³/mol. The molecule has 1 aromatic rings. The van der Waals surface area contributed by atoms with Gasteiger partial charge < -0.3 is 15.2 Å². The number of nitrogens with one attached hydrogen (secondary N) is 1. The maximum atomic E-state index is 11.6. The van der Waals surface area contributed by atoms with Crippen molar-refractivity contribution in [3.05, 3.63) is 17.0 Å². The minimum Gasteiger partial charge on any atom is -0.480 e. The lowest BCUT2D eigenvalue weighted by atomic mass is 10.2. The van der Waals surface area contributed by atoms with Gasteiger partial charge in [0.25, 0.3) is 0 Å². The molecule has 2 N–H and O–H groups in total. The molecule has 0 radical (unpaired) electrons. The van der Waals surface area contributed by atoms with Gasteiger partial charge in [-0.3, -0.25) is 4.79 Å². The lowest BCUT2D eigenvalue weighted by Crippen LogP contribution is -2.27. The van der Waals surface area contributed by atoms with Crippen molar-refractivity contribution >= 4 is 29.4 Å². The average Bonchev–Trinajstić information content (AvgIpc) is 2.29. The fourth-order valence-corrected chi connectivity index (χ4v) is 1.23. The monoisotopic (exact) mass is 273 g/mol. The van der Waals surface area contributed by atoms with Crippen molar-refractivity contribution < 1.29 is 19.4 Å². The summed E-state index contributed by atoms with van der Waals surface area (Å²) in [6, 6.07) is -0.927. The molecule has 1 heterocycles. The van der Waals surface area contributed by atoms with E-state index in [2.05, 4.69) is 15.3 Å². The van der Waals surface area contributed by atoms with Crippen LogP contribution in [0.15, 0.2) is 6.20 Å². The molecule has 0 spiro atoms. The first-order valence-electron chi connectivity index (χ1n) is 5.14. The summed E-state index contributed by atoms with van der Waals surface area (Å²) >= 11 is 5.60. The number of carboxylic acids is 1. The number of ether oxygens (including phenoxy) is 1. The van der Waals surface area contributed by atoms with E-state index in [4.69, 9.17) is 21.4 Å². The molecule has 0 aliphatic carbocycles. The molecular formula is C10H12ClN3O4. The Morgan fingerprint density at radius 2 is 2.28 bits per heavy atom. The van der Waals surface area contributed by atoms with Crippen LogP contribution >= 0.6 is 11.6 Å². The summed E-state index contributed by atoms with van der Waals surface area (Å²) in [5, 5.41) is 11.3. The van der Waals surface area contributed by atoms with Crippen LogP contribution in [0.2, 0.25) is 5.28 Å². The van der Waals surface area contributed by atoms with Gasteiger partial charge in [-0.05, 0) is 25.4 Å². The number of anilines is 1. The summed E-state index contributed by atoms with van der Waals surface area (Å²) in [5.74, 6) is -1.70. The summed E-state index contributed by atoms with van der Waals surface area (Å²) < 4.78 is 4.80. The standard InChI is InChI=1S/C10H12ClN3O4/c1-3-18-9(17)6-4-12-10(11)14-7(6)13-5(2)8(15)16/h4-5H,3H2,1-2H3,(H,15,16)(H,12,13,14)/t5-/m0/s1. The third-order valence-electron chi connectivity index (χ3n) is 1.98. The van der Waals surface area contributed by atoms with Crippen LogP contribution in [-0.4, -0.2) is 39.7 Å². The molecule has 98 valence electrons. The van der Waals surface area contributed by atoms with Crippen LogP contribution in [0, 0.1) is 0 Å². The fraction of sp³-hybridized carbons (Fsp3) is 0.400. The number of esters is 1. The van der Waals surface area contributed by atoms with Gasteiger partial charge in [0.1, 0.15) is 17.4 Å². The Kier molecular flexibility index (Phi) is 4.85. The largest absolute Gasteiger partial charge is 0.480 e. The fourth-order valence-electron chi connectivity index (χ4n) is 1.10. The van der Waals surface area contributed by atoms with E-state index in [0.717, 1.165) is 0 Å². The van der Waals surface area contributed by atoms with Gasteiger partial charge in [-0.25, -0.2) is 9.78 Å². The van der Waals surface area contributed by atoms with Crippen LogP contribution in [0.3, 0.4) is 0 Å². The summed E-state index contributed by atoms with van der Waals surface area (Å²) in [4.78, 5) is 29.8. The molecule has 18 heavy (non-hydrogen) atoms. The molecule has 0 aromatic carbocycles. The Morgan fingerprint density at radius 1 is 1.61 bits per heavy atom. The van der Waals surface area contributed by atoms with E-state index >= 15 is 0 Å². The zero-order valence-electron chi connectivity index (χ0n) is 9.81. The van der Waals surface area contributed by atoms with Gasteiger partial charge in [-0.1, -0.05) is 0 Å². The van der Waals surface area contributed by atoms with Gasteiger partial charge >= 0.3 is 11.9 Å². The molecular weight excluding hydrogens is 262 g/mol. The molecule has 1 rings (SSSR count). The van der Waals surface area contributed by atoms with E-state index in [9.17, 15) is 9.59 Å². The number of halogens is 1. The minimum atomic E-state index is -1.08. The number of carbonyl (C=O) groups is 2. The maximum absolute atomic E-state index is 11.6. The number of carbonyl (C=O) groups excluding carboxylic acids is 1. The highest BCUT2D eigenvalue weighted by atomic mass is 35.5. The zero-order chi connectivity index (χ0) is 13.7. The highest BCUT2D eigenvalue weighted by molar-refractivity contribution is 6.28. The lowest BCUT2D eigenvalue weighted by Gasteiger charge is -2.12. The third-order valence-corrected chi connectivity index (χ3v) is 2.16. The Labute approximate surface area is 108 Å². The second kappa shape index (κ2) is 6.15. The van der Waals surface area contributed by atoms with Crippen LogP contribution in [0.25, 0.3) is 0 Å². The molecule has 0 fully saturated rings. The van der Waals surface area contributed by atoms with E-state index in [1.807, 2.05) is 0 Å². The smallest absolute Gasteiger partial charge is 0.343 e. The molecule has 0 saturated heterocycles. The second-order valence-electron chi connectivity index (χ2n) is 3.33. The van der Waals surface area contributed by atoms with E-state index in [1.54, 1.807) is 6.92 Å². The molecule has 1 aromatic heterocycles. The number of hydrogen-bond acceptors (Lipinski definition) is 6. The molecule has 0 saturated carbocycles. The Bertz CT molecular complexity index is 466. The van der Waals surface area contributed by atoms with Crippen molar-refractivity contribution in [2.24, 2.45) is 0 Å². The highest BCUT2D eigenvalue weighted by Gasteiger charge is 2.19. The van der Waals surface area contributed by atoms with Gasteiger partial charge in [0.05, 0.1) is 6.61 Å². The van der Waals surface area contributed by atoms with Gasteiger partial charge in [0, 0.05) is 6.20 Å². The Hall–Kier alpha value is -1.89. The highest BCUT2D eigenvalue weighted by Crippen LogP contribution is 2.16. The van der Waals surface area contributed by atoms with E-state index in [-0.39, 0.29) is 23.3 Å². The first-order chi connectivity index (χ1) is 8.45. The molecule has 0 bridgehead atoms. The number of aromatic nitrogens is 2. The first-order valence-corrected chi connectivity index (χ1v) is 5.52. The van der Waals surface area contributed by atoms with Crippen molar-refractivity contribution in [3.8, 4) is 0 Å². The molecule has 0 aliphatic rings. The number of nitrogens with zero attached hydrogens (tertiary/aromatic N) is 2. The number of carboxylic acid groups (broad SMARTS) is 1. The number of hydrogen-bond donors (Lipinski definition) is 2. The van der Waals surface area contributed by atoms with Crippen LogP contribution in [0.1, 0.15) is 24.2 Å². The Morgan fingerprint density at radius 3 is 2.83 bits per heavy atom. The summed E-state index contributed by atoms with van der Waals surface area (Å²) in [6.07, 6.45) is 1.18. The van der Waals surface area contributed by atoms with E-state index < -0.39 is 18.0 Å². The average molecular weight is 274 g/mol. The minimum absolute atomic E-state index is 0.0309. The van der Waals surface area contributed by atoms with Crippen LogP contribution < -0.4 is 5.32 Å². The van der Waals surface area contributed by atoms with Gasteiger partial charge in [0.2, 0.25) is 5.28 Å². The Balaban J connectivity index is 3.03. The summed E-state index contributed by atoms with van der Waals surface area (Å²) in [7, 11) is 0. The number of aliphatic carboxylic acids is 1. The normalized spacial score (nSPS) is 11.7. The van der Waals surface area contributed by atoms with Crippen LogP contribution in [0.5, 0.6) is 0 Å². The summed E-state index contributed by atoms with van der Waals surface area (Å²) in [6.45, 7) is 3.25. The molecule has 7 nitrogen and oxygen atoms in total. The van der Waals surface area contributed by atoms with E-state index in [0.29, 0.717) is 0 Å². The van der Waals surface area contributed by atoms with Crippen LogP contribution in [-0.2, 0) is 9.53 Å². The third kappa shape index (κ3) is 3.56. The maximum Gasteiger partial charge on any atom is 0.343 e. The van der Waals surface area contributed by atoms with Crippen molar-refractivity contribution in [1.82, 2.24) is 9.97 Å². The van der Waals surface area contributed by atoms with Crippen molar-refractivity contribution in [3.63, 3.8) is 0 Å². The quantitative estimate of drug-likeness (QED) is 0.614. The summed E-state index contributed by atoms with van der Waals surface area (Å²) in [5.41, 5.74) is 0.0364. The van der Waals surface area contributed by atoms with Crippen LogP contribution in [0.4, 0.5) is 5.82 Å². The molecule has 0 unspecified atom stereocenters. The molecule has 0 amide bonds. The lowest BCUT2D eigenvalue weighted by molar-refractivity contribution is -0.137. The van der Waals surface area contributed by atoms with Crippen molar-refractivity contribution in [2.45, 2.75) is 19.9 Å². The predicted octanol–water partition coefficient (Wildman–Crippen LogP) is 1.19. The van der Waals surface area contributed by atoms with Gasteiger partial charge in [-0.15, -0.1) is 0 Å². The van der Waals surface area contributed by atoms with Gasteiger partial charge in [-0.2, -0.15) is 4.98 Å². The van der Waals surface area contributed by atoms with E-state index in [1.165, 1.54) is 13.1 Å². The topological polar surface area (TPSA) is 101 Å².